The van der Waals surface area contributed by atoms with Gasteiger partial charge in [0.05, 0.1) is 0 Å². The van der Waals surface area contributed by atoms with E-state index in [1.807, 2.05) is 30.3 Å². The predicted molar refractivity (Wildman–Crippen MR) is 68.8 cm³/mol. The van der Waals surface area contributed by atoms with Gasteiger partial charge in [-0.05, 0) is 13.0 Å². The van der Waals surface area contributed by atoms with E-state index < -0.39 is 0 Å². The summed E-state index contributed by atoms with van der Waals surface area (Å²) >= 11 is 1.35. The summed E-state index contributed by atoms with van der Waals surface area (Å²) in [4.78, 5) is 11.3. The van der Waals surface area contributed by atoms with Gasteiger partial charge in [-0.3, -0.25) is 10.1 Å². The second kappa shape index (κ2) is 5.36. The zero-order valence-corrected chi connectivity index (χ0v) is 10.1. The first kappa shape index (κ1) is 11.5. The molecular weight excluding hydrogens is 234 g/mol. The Kier molecular flexibility index (Phi) is 3.62. The number of aromatic nitrogens is 2. The summed E-state index contributed by atoms with van der Waals surface area (Å²) in [5.74, 6) is -0.191. The number of amides is 1. The molecule has 86 valence electrons. The molecule has 0 aliphatic heterocycles. The van der Waals surface area contributed by atoms with Crippen LogP contribution in [0, 0.1) is 0 Å². The first-order valence-electron chi connectivity index (χ1n) is 5.12. The average Bonchev–Trinajstić information content (AvgIpc) is 2.79. The fourth-order valence-electron chi connectivity index (χ4n) is 1.27. The number of hydrogen-bond acceptors (Lipinski definition) is 4. The Morgan fingerprint density at radius 2 is 2.06 bits per heavy atom. The van der Waals surface area contributed by atoms with Gasteiger partial charge in [0.25, 0.3) is 0 Å². The minimum Gasteiger partial charge on any atom is -0.297 e. The van der Waals surface area contributed by atoms with E-state index in [4.69, 9.17) is 0 Å². The van der Waals surface area contributed by atoms with Crippen LogP contribution in [0.3, 0.4) is 0 Å². The van der Waals surface area contributed by atoms with Gasteiger partial charge in [0.1, 0.15) is 5.01 Å². The Labute approximate surface area is 103 Å². The molecule has 0 saturated carbocycles. The van der Waals surface area contributed by atoms with E-state index in [0.29, 0.717) is 5.13 Å². The molecule has 1 heterocycles. The monoisotopic (exact) mass is 245 g/mol. The van der Waals surface area contributed by atoms with E-state index in [9.17, 15) is 4.79 Å². The Balaban J connectivity index is 2.14. The Morgan fingerprint density at radius 3 is 2.76 bits per heavy atom. The molecule has 0 radical (unpaired) electrons. The van der Waals surface area contributed by atoms with E-state index in [1.165, 1.54) is 17.4 Å². The minimum atomic E-state index is -0.191. The maximum absolute atomic E-state index is 11.3. The lowest BCUT2D eigenvalue weighted by atomic mass is 10.2. The number of nitrogens with one attached hydrogen (secondary N) is 1. The molecule has 0 fully saturated rings. The third kappa shape index (κ3) is 2.98. The van der Waals surface area contributed by atoms with Gasteiger partial charge in [-0.15, -0.1) is 10.2 Å². The fraction of sp³-hybridized carbons (Fsp3) is 0.0833. The summed E-state index contributed by atoms with van der Waals surface area (Å²) in [5.41, 5.74) is 0.997. The minimum absolute atomic E-state index is 0.191. The topological polar surface area (TPSA) is 54.9 Å². The van der Waals surface area contributed by atoms with Crippen molar-refractivity contribution in [1.29, 1.82) is 0 Å². The third-order valence-corrected chi connectivity index (χ3v) is 2.88. The smallest absolute Gasteiger partial charge is 0.249 e. The van der Waals surface area contributed by atoms with Crippen molar-refractivity contribution >= 4 is 22.4 Å². The van der Waals surface area contributed by atoms with Gasteiger partial charge < -0.3 is 0 Å². The Hall–Kier alpha value is -2.01. The van der Waals surface area contributed by atoms with Gasteiger partial charge in [-0.2, -0.15) is 0 Å². The summed E-state index contributed by atoms with van der Waals surface area (Å²) in [6.07, 6.45) is 3.12. The van der Waals surface area contributed by atoms with Gasteiger partial charge >= 0.3 is 0 Å². The van der Waals surface area contributed by atoms with E-state index in [1.54, 1.807) is 13.0 Å². The molecule has 0 unspecified atom stereocenters. The average molecular weight is 245 g/mol. The zero-order chi connectivity index (χ0) is 12.1. The van der Waals surface area contributed by atoms with Gasteiger partial charge in [0.15, 0.2) is 0 Å². The van der Waals surface area contributed by atoms with Crippen LogP contribution in [0.5, 0.6) is 0 Å². The van der Waals surface area contributed by atoms with Crippen molar-refractivity contribution in [3.8, 4) is 10.6 Å². The molecule has 0 bridgehead atoms. The quantitative estimate of drug-likeness (QED) is 0.846. The van der Waals surface area contributed by atoms with Gasteiger partial charge in [-0.1, -0.05) is 47.7 Å². The number of rotatable bonds is 3. The van der Waals surface area contributed by atoms with Crippen molar-refractivity contribution in [2.24, 2.45) is 0 Å². The maximum atomic E-state index is 11.3. The molecule has 2 rings (SSSR count). The van der Waals surface area contributed by atoms with Crippen LogP contribution >= 0.6 is 11.3 Å². The molecule has 0 aliphatic rings. The number of hydrogen-bond donors (Lipinski definition) is 1. The van der Waals surface area contributed by atoms with Gasteiger partial charge in [0.2, 0.25) is 11.0 Å². The highest BCUT2D eigenvalue weighted by molar-refractivity contribution is 7.18. The maximum Gasteiger partial charge on any atom is 0.249 e. The number of anilines is 1. The second-order valence-corrected chi connectivity index (χ2v) is 4.25. The van der Waals surface area contributed by atoms with Crippen LogP contribution in [-0.2, 0) is 4.79 Å². The van der Waals surface area contributed by atoms with Crippen LogP contribution in [0.15, 0.2) is 42.5 Å². The molecule has 0 saturated heterocycles. The second-order valence-electron chi connectivity index (χ2n) is 3.27. The predicted octanol–water partition coefficient (Wildman–Crippen LogP) is 2.72. The van der Waals surface area contributed by atoms with Crippen molar-refractivity contribution in [3.63, 3.8) is 0 Å². The molecule has 1 amide bonds. The first-order valence-corrected chi connectivity index (χ1v) is 5.94. The highest BCUT2D eigenvalue weighted by Gasteiger charge is 2.07. The third-order valence-electron chi connectivity index (χ3n) is 1.99. The number of carbonyl (C=O) groups is 1. The number of allylic oxidation sites excluding steroid dienone is 1. The molecular formula is C12H11N3OS. The van der Waals surface area contributed by atoms with Crippen LogP contribution < -0.4 is 5.32 Å². The molecule has 2 aromatic rings. The van der Waals surface area contributed by atoms with Crippen LogP contribution in [0.1, 0.15) is 6.92 Å². The van der Waals surface area contributed by atoms with E-state index in [-0.39, 0.29) is 5.91 Å². The summed E-state index contributed by atoms with van der Waals surface area (Å²) < 4.78 is 0. The number of carbonyl (C=O) groups excluding carboxylic acids is 1. The van der Waals surface area contributed by atoms with Crippen LogP contribution in [0.2, 0.25) is 0 Å². The van der Waals surface area contributed by atoms with Crippen molar-refractivity contribution < 1.29 is 4.79 Å². The zero-order valence-electron chi connectivity index (χ0n) is 9.25. The van der Waals surface area contributed by atoms with Crippen LogP contribution in [0.4, 0.5) is 5.13 Å². The molecule has 1 aromatic carbocycles. The lowest BCUT2D eigenvalue weighted by molar-refractivity contribution is -0.111. The SMILES string of the molecule is C/C=C/C(=O)Nc1nnc(-c2ccccc2)s1. The van der Waals surface area contributed by atoms with Crippen molar-refractivity contribution in [1.82, 2.24) is 10.2 Å². The van der Waals surface area contributed by atoms with Crippen molar-refractivity contribution in [2.75, 3.05) is 5.32 Å². The highest BCUT2D eigenvalue weighted by Crippen LogP contribution is 2.25. The molecule has 1 aromatic heterocycles. The number of nitrogens with zero attached hydrogens (tertiary/aromatic N) is 2. The largest absolute Gasteiger partial charge is 0.297 e. The molecule has 0 aliphatic carbocycles. The van der Waals surface area contributed by atoms with E-state index >= 15 is 0 Å². The van der Waals surface area contributed by atoms with Crippen LogP contribution in [-0.4, -0.2) is 16.1 Å². The lowest BCUT2D eigenvalue weighted by Gasteiger charge is -1.93. The molecule has 4 nitrogen and oxygen atoms in total. The fourth-order valence-corrected chi connectivity index (χ4v) is 2.02. The highest BCUT2D eigenvalue weighted by atomic mass is 32.1. The lowest BCUT2D eigenvalue weighted by Crippen LogP contribution is -2.07. The first-order chi connectivity index (χ1) is 8.29. The number of benzene rings is 1. The van der Waals surface area contributed by atoms with E-state index in [0.717, 1.165) is 10.6 Å². The van der Waals surface area contributed by atoms with E-state index in [2.05, 4.69) is 15.5 Å². The van der Waals surface area contributed by atoms with Gasteiger partial charge in [0, 0.05) is 5.56 Å². The normalized spacial score (nSPS) is 10.6. The summed E-state index contributed by atoms with van der Waals surface area (Å²) in [5, 5.41) is 11.9. The van der Waals surface area contributed by atoms with Crippen LogP contribution in [0.25, 0.3) is 10.6 Å². The Morgan fingerprint density at radius 1 is 1.29 bits per heavy atom. The summed E-state index contributed by atoms with van der Waals surface area (Å²) in [6.45, 7) is 1.79. The summed E-state index contributed by atoms with van der Waals surface area (Å²) in [7, 11) is 0. The summed E-state index contributed by atoms with van der Waals surface area (Å²) in [6, 6.07) is 9.74. The van der Waals surface area contributed by atoms with Crippen molar-refractivity contribution in [3.05, 3.63) is 42.5 Å². The molecule has 5 heteroatoms. The molecule has 0 spiro atoms. The van der Waals surface area contributed by atoms with Crippen molar-refractivity contribution in [2.45, 2.75) is 6.92 Å². The Bertz CT molecular complexity index is 534. The molecule has 1 N–H and O–H groups in total. The standard InChI is InChI=1S/C12H11N3OS/c1-2-6-10(16)13-12-15-14-11(17-12)9-7-4-3-5-8-9/h2-8H,1H3,(H,13,15,16)/b6-2+. The van der Waals surface area contributed by atoms with Gasteiger partial charge in [-0.25, -0.2) is 0 Å². The molecule has 0 atom stereocenters. The molecule has 17 heavy (non-hydrogen) atoms.